The molecule has 148 valence electrons. The third kappa shape index (κ3) is 6.54. The van der Waals surface area contributed by atoms with Gasteiger partial charge in [-0.15, -0.1) is 0 Å². The highest BCUT2D eigenvalue weighted by Crippen LogP contribution is 2.46. The quantitative estimate of drug-likeness (QED) is 0.297. The Bertz CT molecular complexity index is 392. The van der Waals surface area contributed by atoms with Crippen molar-refractivity contribution in [3.8, 4) is 0 Å². The Hall–Kier alpha value is -0.0831. The number of esters is 1. The fourth-order valence-corrected chi connectivity index (χ4v) is 6.27. The van der Waals surface area contributed by atoms with Gasteiger partial charge in [-0.2, -0.15) is 11.8 Å². The van der Waals surface area contributed by atoms with E-state index >= 15 is 0 Å². The normalized spacial score (nSPS) is 17.7. The molecule has 0 amide bonds. The van der Waals surface area contributed by atoms with Gasteiger partial charge in [-0.05, 0) is 37.9 Å². The minimum absolute atomic E-state index is 0.000714. The van der Waals surface area contributed by atoms with Gasteiger partial charge < -0.3 is 18.0 Å². The largest absolute Gasteiger partial charge is 0.500 e. The van der Waals surface area contributed by atoms with E-state index in [0.29, 0.717) is 6.42 Å². The van der Waals surface area contributed by atoms with Crippen molar-refractivity contribution < 1.29 is 22.8 Å². The molecule has 0 aromatic heterocycles. The molecule has 0 aliphatic heterocycles. The monoisotopic (exact) mass is 392 g/mol. The molecule has 25 heavy (non-hydrogen) atoms. The second-order valence-electron chi connectivity index (χ2n) is 7.69. The van der Waals surface area contributed by atoms with E-state index in [1.54, 1.807) is 33.1 Å². The summed E-state index contributed by atoms with van der Waals surface area (Å²) in [5.74, 6) is 1.70. The summed E-state index contributed by atoms with van der Waals surface area (Å²) >= 11 is 1.77. The molecule has 0 aromatic rings. The minimum atomic E-state index is -2.46. The standard InChI is InChI=1S/C18H36O5SSi/c1-17(2,3)18(11-7-8-12-18)23-16(19)10-14-24-13-9-15-25(20-4,21-5)22-6/h7-15H2,1-6H3. The number of carbonyl (C=O) groups is 1. The molecule has 0 atom stereocenters. The van der Waals surface area contributed by atoms with E-state index in [1.165, 1.54) is 0 Å². The van der Waals surface area contributed by atoms with Gasteiger partial charge in [0.2, 0.25) is 0 Å². The third-order valence-corrected chi connectivity index (χ3v) is 9.14. The van der Waals surface area contributed by atoms with E-state index in [1.807, 2.05) is 0 Å². The van der Waals surface area contributed by atoms with Crippen LogP contribution in [0, 0.1) is 5.41 Å². The van der Waals surface area contributed by atoms with Crippen LogP contribution in [0.15, 0.2) is 0 Å². The fraction of sp³-hybridized carbons (Fsp3) is 0.944. The fourth-order valence-electron chi connectivity index (χ4n) is 3.42. The summed E-state index contributed by atoms with van der Waals surface area (Å²) in [6.45, 7) is 6.54. The van der Waals surface area contributed by atoms with Gasteiger partial charge in [0.05, 0.1) is 6.42 Å². The van der Waals surface area contributed by atoms with Crippen molar-refractivity contribution >= 4 is 26.5 Å². The van der Waals surface area contributed by atoms with E-state index in [2.05, 4.69) is 20.8 Å². The second kappa shape index (κ2) is 10.3. The zero-order chi connectivity index (χ0) is 19.0. The molecule has 0 aromatic carbocycles. The van der Waals surface area contributed by atoms with Gasteiger partial charge in [0, 0.05) is 38.5 Å². The van der Waals surface area contributed by atoms with Crippen LogP contribution in [-0.2, 0) is 22.8 Å². The molecular weight excluding hydrogens is 356 g/mol. The third-order valence-electron chi connectivity index (χ3n) is 5.24. The molecule has 1 aliphatic rings. The summed E-state index contributed by atoms with van der Waals surface area (Å²) < 4.78 is 22.2. The molecule has 0 radical (unpaired) electrons. The van der Waals surface area contributed by atoms with Crippen molar-refractivity contribution in [1.82, 2.24) is 0 Å². The number of rotatable bonds is 11. The molecule has 0 heterocycles. The second-order valence-corrected chi connectivity index (χ2v) is 12.0. The van der Waals surface area contributed by atoms with Gasteiger partial charge in [-0.1, -0.05) is 20.8 Å². The predicted molar refractivity (Wildman–Crippen MR) is 105 cm³/mol. The Labute approximate surface area is 158 Å². The topological polar surface area (TPSA) is 54.0 Å². The smallest absolute Gasteiger partial charge is 0.458 e. The van der Waals surface area contributed by atoms with Crippen LogP contribution in [0.4, 0.5) is 0 Å². The van der Waals surface area contributed by atoms with Gasteiger partial charge in [0.25, 0.3) is 0 Å². The number of hydrogen-bond donors (Lipinski definition) is 0. The van der Waals surface area contributed by atoms with E-state index in [9.17, 15) is 4.79 Å². The summed E-state index contributed by atoms with van der Waals surface area (Å²) in [4.78, 5) is 12.3. The molecular formula is C18H36O5SSi. The number of hydrogen-bond acceptors (Lipinski definition) is 6. The maximum absolute atomic E-state index is 12.3. The molecule has 0 spiro atoms. The van der Waals surface area contributed by atoms with E-state index < -0.39 is 8.80 Å². The SMILES string of the molecule is CO[Si](CCCSCCC(=O)OC1(C(C)(C)C)CCCC1)(OC)OC. The number of thioether (sulfide) groups is 1. The maximum atomic E-state index is 12.3. The Kier molecular flexibility index (Phi) is 9.46. The van der Waals surface area contributed by atoms with Crippen LogP contribution in [-0.4, -0.2) is 53.2 Å². The highest BCUT2D eigenvalue weighted by atomic mass is 32.2. The molecule has 0 bridgehead atoms. The first-order valence-corrected chi connectivity index (χ1v) is 12.3. The lowest BCUT2D eigenvalue weighted by atomic mass is 9.75. The first-order valence-electron chi connectivity index (χ1n) is 9.19. The summed E-state index contributed by atoms with van der Waals surface area (Å²) in [6.07, 6.45) is 5.73. The Morgan fingerprint density at radius 1 is 1.04 bits per heavy atom. The number of ether oxygens (including phenoxy) is 1. The molecule has 1 saturated carbocycles. The molecule has 0 saturated heterocycles. The molecule has 7 heteroatoms. The van der Waals surface area contributed by atoms with Crippen molar-refractivity contribution in [3.05, 3.63) is 0 Å². The zero-order valence-electron chi connectivity index (χ0n) is 16.8. The van der Waals surface area contributed by atoms with Crippen LogP contribution in [0.3, 0.4) is 0 Å². The Morgan fingerprint density at radius 3 is 2.08 bits per heavy atom. The van der Waals surface area contributed by atoms with Crippen molar-refractivity contribution in [3.63, 3.8) is 0 Å². The molecule has 5 nitrogen and oxygen atoms in total. The van der Waals surface area contributed by atoms with Crippen LogP contribution in [0.25, 0.3) is 0 Å². The average Bonchev–Trinajstić information content (AvgIpc) is 3.04. The van der Waals surface area contributed by atoms with Gasteiger partial charge in [0.1, 0.15) is 5.60 Å². The lowest BCUT2D eigenvalue weighted by molar-refractivity contribution is -0.171. The zero-order valence-corrected chi connectivity index (χ0v) is 18.6. The van der Waals surface area contributed by atoms with Gasteiger partial charge >= 0.3 is 14.8 Å². The van der Waals surface area contributed by atoms with Crippen molar-refractivity contribution in [2.75, 3.05) is 32.8 Å². The summed E-state index contributed by atoms with van der Waals surface area (Å²) in [5, 5.41) is 0. The summed E-state index contributed by atoms with van der Waals surface area (Å²) in [5.41, 5.74) is -0.268. The number of carbonyl (C=O) groups excluding carboxylic acids is 1. The van der Waals surface area contributed by atoms with Gasteiger partial charge in [-0.3, -0.25) is 4.79 Å². The molecule has 1 fully saturated rings. The van der Waals surface area contributed by atoms with Crippen LogP contribution in [0.1, 0.15) is 59.3 Å². The van der Waals surface area contributed by atoms with E-state index in [0.717, 1.165) is 49.7 Å². The first-order chi connectivity index (χ1) is 11.7. The molecule has 0 N–H and O–H groups in total. The molecule has 1 rings (SSSR count). The van der Waals surface area contributed by atoms with Gasteiger partial charge in [-0.25, -0.2) is 0 Å². The van der Waals surface area contributed by atoms with Crippen LogP contribution in [0.2, 0.25) is 6.04 Å². The Balaban J connectivity index is 2.27. The lowest BCUT2D eigenvalue weighted by Crippen LogP contribution is -2.44. The van der Waals surface area contributed by atoms with E-state index in [4.69, 9.17) is 18.0 Å². The molecule has 1 aliphatic carbocycles. The predicted octanol–water partition coefficient (Wildman–Crippen LogP) is 4.28. The van der Waals surface area contributed by atoms with Gasteiger partial charge in [0.15, 0.2) is 0 Å². The summed E-state index contributed by atoms with van der Waals surface area (Å²) in [6, 6.07) is 0.793. The van der Waals surface area contributed by atoms with Crippen molar-refractivity contribution in [2.45, 2.75) is 70.9 Å². The maximum Gasteiger partial charge on any atom is 0.500 e. The van der Waals surface area contributed by atoms with Crippen LogP contribution >= 0.6 is 11.8 Å². The van der Waals surface area contributed by atoms with Crippen LogP contribution in [0.5, 0.6) is 0 Å². The van der Waals surface area contributed by atoms with Crippen molar-refractivity contribution in [1.29, 1.82) is 0 Å². The molecule has 0 unspecified atom stereocenters. The van der Waals surface area contributed by atoms with Crippen molar-refractivity contribution in [2.24, 2.45) is 5.41 Å². The highest BCUT2D eigenvalue weighted by molar-refractivity contribution is 7.99. The lowest BCUT2D eigenvalue weighted by Gasteiger charge is -2.41. The Morgan fingerprint density at radius 2 is 1.60 bits per heavy atom. The van der Waals surface area contributed by atoms with E-state index in [-0.39, 0.29) is 17.0 Å². The highest BCUT2D eigenvalue weighted by Gasteiger charge is 2.47. The first kappa shape index (κ1) is 23.0. The minimum Gasteiger partial charge on any atom is -0.458 e. The summed E-state index contributed by atoms with van der Waals surface area (Å²) in [7, 11) is 2.45. The van der Waals surface area contributed by atoms with Crippen LogP contribution < -0.4 is 0 Å². The average molecular weight is 393 g/mol.